The van der Waals surface area contributed by atoms with Crippen LogP contribution in [0.4, 0.5) is 0 Å². The van der Waals surface area contributed by atoms with Gasteiger partial charge in [-0.15, -0.1) is 0 Å². The first kappa shape index (κ1) is 10.0. The van der Waals surface area contributed by atoms with Crippen LogP contribution in [-0.2, 0) is 0 Å². The normalized spacial score (nSPS) is 23.1. The molecule has 1 unspecified atom stereocenters. The van der Waals surface area contributed by atoms with E-state index in [4.69, 9.17) is 11.6 Å². The van der Waals surface area contributed by atoms with E-state index >= 15 is 0 Å². The Balaban J connectivity index is 2.08. The Morgan fingerprint density at radius 2 is 1.86 bits per heavy atom. The highest BCUT2D eigenvalue weighted by atomic mass is 35.5. The first-order valence-electron chi connectivity index (χ1n) is 5.32. The highest BCUT2D eigenvalue weighted by Gasteiger charge is 2.13. The summed E-state index contributed by atoms with van der Waals surface area (Å²) in [6.07, 6.45) is 3.84. The van der Waals surface area contributed by atoms with Crippen molar-refractivity contribution in [1.82, 2.24) is 5.32 Å². The molecule has 1 nitrogen and oxygen atoms in total. The fourth-order valence-electron chi connectivity index (χ4n) is 2.09. The molecule has 1 heterocycles. The maximum absolute atomic E-state index is 5.87. The molecular weight excluding hydrogens is 194 g/mol. The van der Waals surface area contributed by atoms with Gasteiger partial charge in [0.2, 0.25) is 0 Å². The summed E-state index contributed by atoms with van der Waals surface area (Å²) in [4.78, 5) is 0. The van der Waals surface area contributed by atoms with Crippen molar-refractivity contribution < 1.29 is 0 Å². The molecule has 76 valence electrons. The molecule has 1 fully saturated rings. The molecule has 0 saturated carbocycles. The van der Waals surface area contributed by atoms with Crippen molar-refractivity contribution in [3.8, 4) is 0 Å². The number of halogens is 1. The molecule has 0 radical (unpaired) electrons. The van der Waals surface area contributed by atoms with Gasteiger partial charge in [0.1, 0.15) is 0 Å². The minimum absolute atomic E-state index is 0.724. The molecule has 1 aromatic rings. The van der Waals surface area contributed by atoms with Crippen LogP contribution in [0.25, 0.3) is 0 Å². The van der Waals surface area contributed by atoms with Crippen molar-refractivity contribution in [3.63, 3.8) is 0 Å². The Bertz CT molecular complexity index is 273. The molecule has 1 aliphatic rings. The molecule has 1 aliphatic heterocycles. The van der Waals surface area contributed by atoms with Gasteiger partial charge in [-0.1, -0.05) is 23.7 Å². The number of hydrogen-bond donors (Lipinski definition) is 1. The van der Waals surface area contributed by atoms with Gasteiger partial charge in [-0.3, -0.25) is 0 Å². The SMILES string of the molecule is Clc1ccc(C2CCCNCC2)cc1. The molecule has 1 atom stereocenters. The van der Waals surface area contributed by atoms with Crippen LogP contribution < -0.4 is 5.32 Å². The Kier molecular flexibility index (Phi) is 3.44. The highest BCUT2D eigenvalue weighted by molar-refractivity contribution is 6.30. The van der Waals surface area contributed by atoms with Gasteiger partial charge in [-0.2, -0.15) is 0 Å². The molecule has 0 bridgehead atoms. The minimum atomic E-state index is 0.724. The van der Waals surface area contributed by atoms with E-state index in [1.54, 1.807) is 0 Å². The van der Waals surface area contributed by atoms with Crippen molar-refractivity contribution in [1.29, 1.82) is 0 Å². The molecule has 2 rings (SSSR count). The van der Waals surface area contributed by atoms with Crippen LogP contribution in [0.2, 0.25) is 5.02 Å². The van der Waals surface area contributed by atoms with Crippen LogP contribution in [0, 0.1) is 0 Å². The lowest BCUT2D eigenvalue weighted by molar-refractivity contribution is 0.609. The second kappa shape index (κ2) is 4.81. The van der Waals surface area contributed by atoms with Crippen LogP contribution in [0.5, 0.6) is 0 Å². The molecule has 2 heteroatoms. The summed E-state index contributed by atoms with van der Waals surface area (Å²) in [5, 5.41) is 4.27. The molecule has 0 spiro atoms. The van der Waals surface area contributed by atoms with Gasteiger partial charge in [0.15, 0.2) is 0 Å². The molecular formula is C12H16ClN. The lowest BCUT2D eigenvalue weighted by atomic mass is 9.92. The fourth-order valence-corrected chi connectivity index (χ4v) is 2.21. The van der Waals surface area contributed by atoms with Crippen molar-refractivity contribution in [3.05, 3.63) is 34.9 Å². The summed E-state index contributed by atoms with van der Waals surface area (Å²) < 4.78 is 0. The maximum Gasteiger partial charge on any atom is 0.0406 e. The van der Waals surface area contributed by atoms with Crippen molar-refractivity contribution >= 4 is 11.6 Å². The Morgan fingerprint density at radius 3 is 2.64 bits per heavy atom. The van der Waals surface area contributed by atoms with Crippen molar-refractivity contribution in [2.75, 3.05) is 13.1 Å². The second-order valence-electron chi connectivity index (χ2n) is 3.93. The van der Waals surface area contributed by atoms with Crippen LogP contribution in [0.3, 0.4) is 0 Å². The zero-order valence-electron chi connectivity index (χ0n) is 8.30. The molecule has 0 aromatic heterocycles. The van der Waals surface area contributed by atoms with Gasteiger partial charge in [-0.05, 0) is 56.0 Å². The zero-order valence-corrected chi connectivity index (χ0v) is 9.06. The molecule has 1 N–H and O–H groups in total. The summed E-state index contributed by atoms with van der Waals surface area (Å²) in [6.45, 7) is 2.32. The monoisotopic (exact) mass is 209 g/mol. The Labute approximate surface area is 90.5 Å². The molecule has 0 amide bonds. The van der Waals surface area contributed by atoms with E-state index in [2.05, 4.69) is 17.4 Å². The highest BCUT2D eigenvalue weighted by Crippen LogP contribution is 2.26. The summed E-state index contributed by atoms with van der Waals surface area (Å²) in [6, 6.07) is 8.32. The molecule has 14 heavy (non-hydrogen) atoms. The number of nitrogens with one attached hydrogen (secondary N) is 1. The number of hydrogen-bond acceptors (Lipinski definition) is 1. The van der Waals surface area contributed by atoms with Gasteiger partial charge < -0.3 is 5.32 Å². The quantitative estimate of drug-likeness (QED) is 0.749. The Morgan fingerprint density at radius 1 is 1.07 bits per heavy atom. The van der Waals surface area contributed by atoms with Crippen LogP contribution in [-0.4, -0.2) is 13.1 Å². The first-order valence-corrected chi connectivity index (χ1v) is 5.70. The summed E-state index contributed by atoms with van der Waals surface area (Å²) in [7, 11) is 0. The Hall–Kier alpha value is -0.530. The third kappa shape index (κ3) is 2.49. The standard InChI is InChI=1S/C12H16ClN/c13-12-5-3-11(4-6-12)10-2-1-8-14-9-7-10/h3-6,10,14H,1-2,7-9H2. The third-order valence-electron chi connectivity index (χ3n) is 2.92. The average molecular weight is 210 g/mol. The van der Waals surface area contributed by atoms with Gasteiger partial charge in [0, 0.05) is 5.02 Å². The predicted molar refractivity (Wildman–Crippen MR) is 60.9 cm³/mol. The second-order valence-corrected chi connectivity index (χ2v) is 4.37. The lowest BCUT2D eigenvalue weighted by Gasteiger charge is -2.13. The van der Waals surface area contributed by atoms with Crippen LogP contribution in [0.15, 0.2) is 24.3 Å². The van der Waals surface area contributed by atoms with E-state index in [0.717, 1.165) is 17.5 Å². The zero-order chi connectivity index (χ0) is 9.80. The van der Waals surface area contributed by atoms with Crippen LogP contribution >= 0.6 is 11.6 Å². The topological polar surface area (TPSA) is 12.0 Å². The van der Waals surface area contributed by atoms with Crippen molar-refractivity contribution in [2.45, 2.75) is 25.2 Å². The number of benzene rings is 1. The van der Waals surface area contributed by atoms with Gasteiger partial charge in [0.05, 0.1) is 0 Å². The average Bonchev–Trinajstić information content (AvgIpc) is 2.47. The largest absolute Gasteiger partial charge is 0.317 e. The number of rotatable bonds is 1. The van der Waals surface area contributed by atoms with E-state index in [1.165, 1.54) is 31.4 Å². The summed E-state index contributed by atoms with van der Waals surface area (Å²) >= 11 is 5.87. The van der Waals surface area contributed by atoms with Gasteiger partial charge >= 0.3 is 0 Å². The molecule has 0 aliphatic carbocycles. The first-order chi connectivity index (χ1) is 6.86. The van der Waals surface area contributed by atoms with Gasteiger partial charge in [-0.25, -0.2) is 0 Å². The maximum atomic E-state index is 5.87. The third-order valence-corrected chi connectivity index (χ3v) is 3.17. The van der Waals surface area contributed by atoms with Gasteiger partial charge in [0.25, 0.3) is 0 Å². The minimum Gasteiger partial charge on any atom is -0.317 e. The van der Waals surface area contributed by atoms with Crippen molar-refractivity contribution in [2.24, 2.45) is 0 Å². The summed E-state index contributed by atoms with van der Waals surface area (Å²) in [5.74, 6) is 0.724. The van der Waals surface area contributed by atoms with E-state index in [-0.39, 0.29) is 0 Å². The van der Waals surface area contributed by atoms with E-state index < -0.39 is 0 Å². The predicted octanol–water partition coefficient (Wildman–Crippen LogP) is 3.20. The van der Waals surface area contributed by atoms with E-state index in [0.29, 0.717) is 0 Å². The lowest BCUT2D eigenvalue weighted by Crippen LogP contribution is -2.13. The van der Waals surface area contributed by atoms with E-state index in [9.17, 15) is 0 Å². The summed E-state index contributed by atoms with van der Waals surface area (Å²) in [5.41, 5.74) is 1.44. The fraction of sp³-hybridized carbons (Fsp3) is 0.500. The van der Waals surface area contributed by atoms with Crippen LogP contribution in [0.1, 0.15) is 30.7 Å². The van der Waals surface area contributed by atoms with E-state index in [1.807, 2.05) is 12.1 Å². The molecule has 1 saturated heterocycles. The smallest absolute Gasteiger partial charge is 0.0406 e. The molecule has 1 aromatic carbocycles.